The van der Waals surface area contributed by atoms with Crippen LogP contribution in [0.5, 0.6) is 0 Å². The average molecular weight is 465 g/mol. The van der Waals surface area contributed by atoms with Gasteiger partial charge in [-0.15, -0.1) is 0 Å². The largest absolute Gasteiger partial charge is 0.348 e. The summed E-state index contributed by atoms with van der Waals surface area (Å²) in [6, 6.07) is 11.6. The van der Waals surface area contributed by atoms with E-state index in [1.807, 2.05) is 0 Å². The summed E-state index contributed by atoms with van der Waals surface area (Å²) < 4.78 is 41.8. The van der Waals surface area contributed by atoms with Gasteiger partial charge in [0.15, 0.2) is 0 Å². The van der Waals surface area contributed by atoms with Crippen LogP contribution in [-0.4, -0.2) is 30.1 Å². The van der Waals surface area contributed by atoms with Crippen LogP contribution in [0.4, 0.5) is 4.39 Å². The second kappa shape index (κ2) is 9.17. The van der Waals surface area contributed by atoms with E-state index in [9.17, 15) is 17.6 Å². The van der Waals surface area contributed by atoms with Crippen LogP contribution in [0, 0.1) is 12.7 Å². The lowest BCUT2D eigenvalue weighted by Crippen LogP contribution is -2.30. The van der Waals surface area contributed by atoms with E-state index in [0.717, 1.165) is 0 Å². The summed E-state index contributed by atoms with van der Waals surface area (Å²) in [5, 5.41) is 7.11. The van der Waals surface area contributed by atoms with Gasteiger partial charge in [0, 0.05) is 12.6 Å². The first-order chi connectivity index (χ1) is 14.6. The number of carbonyl (C=O) groups is 1. The molecule has 1 aromatic heterocycles. The zero-order valence-corrected chi connectivity index (χ0v) is 18.8. The molecule has 0 saturated heterocycles. The van der Waals surface area contributed by atoms with Crippen LogP contribution in [0.1, 0.15) is 35.5 Å². The molecular formula is C21H22ClFN4O3S. The Morgan fingerprint density at radius 3 is 2.52 bits per heavy atom. The molecule has 0 aliphatic heterocycles. The van der Waals surface area contributed by atoms with Crippen molar-refractivity contribution in [1.29, 1.82) is 0 Å². The molecule has 0 aliphatic carbocycles. The Hall–Kier alpha value is -2.75. The number of hydrogen-bond donors (Lipinski definition) is 2. The molecular weight excluding hydrogens is 443 g/mol. The molecule has 10 heteroatoms. The molecule has 0 atom stereocenters. The third kappa shape index (κ3) is 5.30. The number of benzene rings is 2. The Kier molecular flexibility index (Phi) is 6.78. The fourth-order valence-corrected chi connectivity index (χ4v) is 4.66. The van der Waals surface area contributed by atoms with Gasteiger partial charge >= 0.3 is 0 Å². The van der Waals surface area contributed by atoms with Crippen molar-refractivity contribution < 1.29 is 17.6 Å². The topological polar surface area (TPSA) is 93.1 Å². The number of sulfonamides is 1. The highest BCUT2D eigenvalue weighted by Gasteiger charge is 2.21. The summed E-state index contributed by atoms with van der Waals surface area (Å²) in [6.45, 7) is 5.21. The Morgan fingerprint density at radius 2 is 1.87 bits per heavy atom. The van der Waals surface area contributed by atoms with Crippen LogP contribution < -0.4 is 10.0 Å². The molecule has 2 N–H and O–H groups in total. The molecule has 7 nitrogen and oxygen atoms in total. The summed E-state index contributed by atoms with van der Waals surface area (Å²) in [5.74, 6) is -0.848. The van der Waals surface area contributed by atoms with Crippen molar-refractivity contribution in [3.8, 4) is 5.69 Å². The fourth-order valence-electron chi connectivity index (χ4n) is 2.98. The van der Waals surface area contributed by atoms with Crippen LogP contribution in [0.2, 0.25) is 5.15 Å². The second-order valence-electron chi connectivity index (χ2n) is 7.25. The van der Waals surface area contributed by atoms with Crippen molar-refractivity contribution >= 4 is 27.5 Å². The summed E-state index contributed by atoms with van der Waals surface area (Å²) in [5.41, 5.74) is 1.73. The zero-order chi connectivity index (χ0) is 22.8. The highest BCUT2D eigenvalue weighted by molar-refractivity contribution is 7.89. The minimum absolute atomic E-state index is 0.0964. The van der Waals surface area contributed by atoms with Crippen molar-refractivity contribution in [2.24, 2.45) is 0 Å². The van der Waals surface area contributed by atoms with Crippen molar-refractivity contribution in [2.45, 2.75) is 38.3 Å². The van der Waals surface area contributed by atoms with Crippen molar-refractivity contribution in [3.05, 3.63) is 76.3 Å². The minimum atomic E-state index is -3.64. The Balaban J connectivity index is 1.78. The maximum absolute atomic E-state index is 13.2. The van der Waals surface area contributed by atoms with Gasteiger partial charge in [0.05, 0.1) is 21.8 Å². The molecule has 3 rings (SSSR count). The zero-order valence-electron chi connectivity index (χ0n) is 17.2. The van der Waals surface area contributed by atoms with E-state index in [2.05, 4.69) is 15.1 Å². The summed E-state index contributed by atoms with van der Waals surface area (Å²) in [7, 11) is -3.64. The predicted molar refractivity (Wildman–Crippen MR) is 116 cm³/mol. The molecule has 0 saturated carbocycles. The lowest BCUT2D eigenvalue weighted by atomic mass is 10.2. The number of nitrogens with one attached hydrogen (secondary N) is 2. The quantitative estimate of drug-likeness (QED) is 0.558. The number of aryl methyl sites for hydroxylation is 1. The lowest BCUT2D eigenvalue weighted by molar-refractivity contribution is 0.0950. The number of nitrogens with zero attached hydrogens (tertiary/aromatic N) is 2. The van der Waals surface area contributed by atoms with E-state index in [1.54, 1.807) is 32.9 Å². The van der Waals surface area contributed by atoms with E-state index in [0.29, 0.717) is 16.9 Å². The monoisotopic (exact) mass is 464 g/mol. The second-order valence-corrected chi connectivity index (χ2v) is 9.32. The van der Waals surface area contributed by atoms with Gasteiger partial charge in [0.1, 0.15) is 11.0 Å². The van der Waals surface area contributed by atoms with Crippen LogP contribution in [0.15, 0.2) is 53.4 Å². The van der Waals surface area contributed by atoms with Gasteiger partial charge in [0.25, 0.3) is 5.91 Å². The molecule has 0 unspecified atom stereocenters. The minimum Gasteiger partial charge on any atom is -0.348 e. The highest BCUT2D eigenvalue weighted by atomic mass is 35.5. The standard InChI is InChI=1S/C21H22ClFN4O3S/c1-13(2)26-31(29,30)18-6-4-5-15(11-18)12-24-21(28)19-14(3)25-27(20(19)22)17-9-7-16(23)8-10-17/h4-11,13,26H,12H2,1-3H3,(H,24,28). The average Bonchev–Trinajstić information content (AvgIpc) is 3.00. The molecule has 0 bridgehead atoms. The van der Waals surface area contributed by atoms with Crippen molar-refractivity contribution in [1.82, 2.24) is 19.8 Å². The van der Waals surface area contributed by atoms with Gasteiger partial charge in [0.2, 0.25) is 10.0 Å². The van der Waals surface area contributed by atoms with Gasteiger partial charge in [-0.05, 0) is 62.7 Å². The summed E-state index contributed by atoms with van der Waals surface area (Å²) in [6.07, 6.45) is 0. The van der Waals surface area contributed by atoms with Crippen molar-refractivity contribution in [3.63, 3.8) is 0 Å². The molecule has 2 aromatic carbocycles. The molecule has 1 amide bonds. The highest BCUT2D eigenvalue weighted by Crippen LogP contribution is 2.24. The Labute approximate surface area is 185 Å². The third-order valence-corrected chi connectivity index (χ3v) is 6.36. The number of rotatable bonds is 7. The van der Waals surface area contributed by atoms with Gasteiger partial charge < -0.3 is 5.32 Å². The number of aromatic nitrogens is 2. The Morgan fingerprint density at radius 1 is 1.19 bits per heavy atom. The maximum atomic E-state index is 13.2. The SMILES string of the molecule is Cc1nn(-c2ccc(F)cc2)c(Cl)c1C(=O)NCc1cccc(S(=O)(=O)NC(C)C)c1. The van der Waals surface area contributed by atoms with Crippen molar-refractivity contribution in [2.75, 3.05) is 0 Å². The lowest BCUT2D eigenvalue weighted by Gasteiger charge is -2.11. The molecule has 31 heavy (non-hydrogen) atoms. The molecule has 0 aliphatic rings. The summed E-state index contributed by atoms with van der Waals surface area (Å²) in [4.78, 5) is 12.9. The molecule has 0 fully saturated rings. The molecule has 1 heterocycles. The molecule has 0 radical (unpaired) electrons. The first kappa shape index (κ1) is 22.9. The van der Waals surface area contributed by atoms with Gasteiger partial charge in [-0.3, -0.25) is 4.79 Å². The number of hydrogen-bond acceptors (Lipinski definition) is 4. The van der Waals surface area contributed by atoms with Gasteiger partial charge in [-0.2, -0.15) is 5.10 Å². The maximum Gasteiger partial charge on any atom is 0.256 e. The van der Waals surface area contributed by atoms with Gasteiger partial charge in [-0.25, -0.2) is 22.2 Å². The fraction of sp³-hybridized carbons (Fsp3) is 0.238. The van der Waals surface area contributed by atoms with Crippen LogP contribution in [-0.2, 0) is 16.6 Å². The van der Waals surface area contributed by atoms with Crippen LogP contribution >= 0.6 is 11.6 Å². The first-order valence-electron chi connectivity index (χ1n) is 9.49. The number of amides is 1. The molecule has 3 aromatic rings. The van der Waals surface area contributed by atoms with E-state index in [-0.39, 0.29) is 28.2 Å². The third-order valence-electron chi connectivity index (χ3n) is 4.35. The smallest absolute Gasteiger partial charge is 0.256 e. The van der Waals surface area contributed by atoms with Gasteiger partial charge in [-0.1, -0.05) is 23.7 Å². The van der Waals surface area contributed by atoms with E-state index < -0.39 is 21.7 Å². The molecule has 164 valence electrons. The van der Waals surface area contributed by atoms with E-state index in [4.69, 9.17) is 11.6 Å². The van der Waals surface area contributed by atoms with Crippen LogP contribution in [0.25, 0.3) is 5.69 Å². The normalized spacial score (nSPS) is 11.7. The molecule has 0 spiro atoms. The first-order valence-corrected chi connectivity index (χ1v) is 11.3. The summed E-state index contributed by atoms with van der Waals surface area (Å²) >= 11 is 6.37. The van der Waals surface area contributed by atoms with E-state index in [1.165, 1.54) is 41.1 Å². The number of carbonyl (C=O) groups excluding carboxylic acids is 1. The van der Waals surface area contributed by atoms with Crippen LogP contribution in [0.3, 0.4) is 0 Å². The predicted octanol–water partition coefficient (Wildman–Crippen LogP) is 3.59. The number of halogens is 2. The van der Waals surface area contributed by atoms with E-state index >= 15 is 0 Å². The Bertz CT molecular complexity index is 1210.